The molecular weight excluding hydrogens is 150 g/mol. The number of allylic oxidation sites excluding steroid dienone is 1. The average molecular weight is 169 g/mol. The van der Waals surface area contributed by atoms with Crippen molar-refractivity contribution in [3.63, 3.8) is 0 Å². The second-order valence-electron chi connectivity index (χ2n) is 2.69. The number of oxime groups is 1. The fourth-order valence-electron chi connectivity index (χ4n) is 0.720. The van der Waals surface area contributed by atoms with Gasteiger partial charge in [0.05, 0.1) is 0 Å². The van der Waals surface area contributed by atoms with Crippen LogP contribution >= 0.6 is 0 Å². The van der Waals surface area contributed by atoms with E-state index >= 15 is 0 Å². The van der Waals surface area contributed by atoms with Crippen LogP contribution in [0.5, 0.6) is 0 Å². The van der Waals surface area contributed by atoms with Gasteiger partial charge < -0.3 is 4.84 Å². The minimum atomic E-state index is 0.745. The van der Waals surface area contributed by atoms with Gasteiger partial charge in [0.2, 0.25) is 0 Å². The maximum atomic E-state index is 5.00. The summed E-state index contributed by atoms with van der Waals surface area (Å²) in [5, 5.41) is 3.82. The maximum Gasteiger partial charge on any atom is 0.117 e. The molecule has 0 N–H and O–H groups in total. The number of nitrogens with zero attached hydrogens (tertiary/aromatic N) is 1. The van der Waals surface area contributed by atoms with Crippen LogP contribution in [-0.2, 0) is 4.84 Å². The van der Waals surface area contributed by atoms with E-state index in [-0.39, 0.29) is 0 Å². The molecule has 0 bridgehead atoms. The zero-order valence-electron chi connectivity index (χ0n) is 7.96. The van der Waals surface area contributed by atoms with E-state index in [2.05, 4.69) is 18.7 Å². The Bertz CT molecular complexity index is 121. The van der Waals surface area contributed by atoms with Gasteiger partial charge in [-0.2, -0.15) is 0 Å². The van der Waals surface area contributed by atoms with Crippen LogP contribution in [0.4, 0.5) is 0 Å². The highest BCUT2D eigenvalue weighted by molar-refractivity contribution is 5.56. The van der Waals surface area contributed by atoms with E-state index in [1.165, 1.54) is 0 Å². The summed E-state index contributed by atoms with van der Waals surface area (Å²) in [6.45, 7) is 6.52. The molecule has 0 radical (unpaired) electrons. The van der Waals surface area contributed by atoms with Gasteiger partial charge in [0.15, 0.2) is 0 Å². The van der Waals surface area contributed by atoms with Crippen LogP contribution in [0.3, 0.4) is 0 Å². The first-order chi connectivity index (χ1) is 5.91. The molecule has 0 aliphatic heterocycles. The molecule has 0 amide bonds. The normalized spacial score (nSPS) is 10.4. The molecule has 70 valence electrons. The van der Waals surface area contributed by atoms with Crippen molar-refractivity contribution >= 4 is 6.21 Å². The zero-order valence-corrected chi connectivity index (χ0v) is 7.96. The van der Waals surface area contributed by atoms with Gasteiger partial charge in [-0.25, -0.2) is 0 Å². The van der Waals surface area contributed by atoms with Gasteiger partial charge in [-0.3, -0.25) is 0 Å². The van der Waals surface area contributed by atoms with Crippen LogP contribution in [-0.4, -0.2) is 12.8 Å². The molecule has 0 saturated carbocycles. The predicted octanol–water partition coefficient (Wildman–Crippen LogP) is 3.15. The van der Waals surface area contributed by atoms with Gasteiger partial charge in [-0.05, 0) is 25.7 Å². The molecule has 0 aliphatic carbocycles. The molecule has 0 aliphatic rings. The Morgan fingerprint density at radius 1 is 1.33 bits per heavy atom. The fraction of sp³-hybridized carbons (Fsp3) is 0.700. The lowest BCUT2D eigenvalue weighted by atomic mass is 10.2. The maximum absolute atomic E-state index is 5.00. The van der Waals surface area contributed by atoms with Gasteiger partial charge in [-0.15, -0.1) is 6.58 Å². The van der Waals surface area contributed by atoms with E-state index in [1.54, 1.807) is 0 Å². The SMILES string of the molecule is C=CCCC/C=N/OCCCC. The van der Waals surface area contributed by atoms with Crippen molar-refractivity contribution in [2.75, 3.05) is 6.61 Å². The van der Waals surface area contributed by atoms with E-state index < -0.39 is 0 Å². The molecule has 12 heavy (non-hydrogen) atoms. The lowest BCUT2D eigenvalue weighted by Gasteiger charge is -1.95. The van der Waals surface area contributed by atoms with Crippen molar-refractivity contribution in [1.29, 1.82) is 0 Å². The van der Waals surface area contributed by atoms with Crippen LogP contribution in [0.2, 0.25) is 0 Å². The van der Waals surface area contributed by atoms with Crippen molar-refractivity contribution in [3.05, 3.63) is 12.7 Å². The zero-order chi connectivity index (χ0) is 9.07. The van der Waals surface area contributed by atoms with Crippen molar-refractivity contribution < 1.29 is 4.84 Å². The second-order valence-corrected chi connectivity index (χ2v) is 2.69. The molecule has 0 aromatic rings. The Kier molecular flexibility index (Phi) is 9.54. The lowest BCUT2D eigenvalue weighted by molar-refractivity contribution is 0.142. The fourth-order valence-corrected chi connectivity index (χ4v) is 0.720. The van der Waals surface area contributed by atoms with Crippen molar-refractivity contribution in [3.8, 4) is 0 Å². The molecule has 0 saturated heterocycles. The van der Waals surface area contributed by atoms with E-state index in [1.807, 2.05) is 12.3 Å². The van der Waals surface area contributed by atoms with Gasteiger partial charge in [0, 0.05) is 6.21 Å². The number of hydrogen-bond donors (Lipinski definition) is 0. The third-order valence-electron chi connectivity index (χ3n) is 1.48. The largest absolute Gasteiger partial charge is 0.396 e. The molecule has 0 atom stereocenters. The standard InChI is InChI=1S/C10H19NO/c1-3-5-7-8-9-11-12-10-6-4-2/h3,9H,1,4-8,10H2,2H3/b11-9+. The summed E-state index contributed by atoms with van der Waals surface area (Å²) in [4.78, 5) is 5.00. The molecule has 0 unspecified atom stereocenters. The lowest BCUT2D eigenvalue weighted by Crippen LogP contribution is -1.86. The van der Waals surface area contributed by atoms with E-state index in [4.69, 9.17) is 4.84 Å². The summed E-state index contributed by atoms with van der Waals surface area (Å²) in [6, 6.07) is 0. The Morgan fingerprint density at radius 3 is 2.83 bits per heavy atom. The Hall–Kier alpha value is -0.790. The van der Waals surface area contributed by atoms with Gasteiger partial charge in [-0.1, -0.05) is 24.6 Å². The molecular formula is C10H19NO. The smallest absolute Gasteiger partial charge is 0.117 e. The van der Waals surface area contributed by atoms with Gasteiger partial charge >= 0.3 is 0 Å². The number of rotatable bonds is 8. The molecule has 0 spiro atoms. The molecule has 0 rings (SSSR count). The van der Waals surface area contributed by atoms with Crippen molar-refractivity contribution in [2.24, 2.45) is 5.16 Å². The Labute approximate surface area is 75.3 Å². The van der Waals surface area contributed by atoms with Crippen LogP contribution in [0.25, 0.3) is 0 Å². The predicted molar refractivity (Wildman–Crippen MR) is 53.4 cm³/mol. The summed E-state index contributed by atoms with van der Waals surface area (Å²) < 4.78 is 0. The molecule has 2 nitrogen and oxygen atoms in total. The minimum Gasteiger partial charge on any atom is -0.396 e. The highest BCUT2D eigenvalue weighted by atomic mass is 16.6. The molecule has 0 fully saturated rings. The quantitative estimate of drug-likeness (QED) is 0.237. The van der Waals surface area contributed by atoms with Crippen LogP contribution in [0.1, 0.15) is 39.0 Å². The average Bonchev–Trinajstić information content (AvgIpc) is 2.10. The first-order valence-corrected chi connectivity index (χ1v) is 4.66. The molecule has 2 heteroatoms. The summed E-state index contributed by atoms with van der Waals surface area (Å²) >= 11 is 0. The van der Waals surface area contributed by atoms with Crippen molar-refractivity contribution in [2.45, 2.75) is 39.0 Å². The second kappa shape index (κ2) is 10.2. The first kappa shape index (κ1) is 11.2. The van der Waals surface area contributed by atoms with E-state index in [0.29, 0.717) is 0 Å². The minimum absolute atomic E-state index is 0.745. The summed E-state index contributed by atoms with van der Waals surface area (Å²) in [7, 11) is 0. The van der Waals surface area contributed by atoms with Gasteiger partial charge in [0.25, 0.3) is 0 Å². The van der Waals surface area contributed by atoms with E-state index in [0.717, 1.165) is 38.7 Å². The Morgan fingerprint density at radius 2 is 2.17 bits per heavy atom. The van der Waals surface area contributed by atoms with E-state index in [9.17, 15) is 0 Å². The van der Waals surface area contributed by atoms with Gasteiger partial charge in [0.1, 0.15) is 6.61 Å². The summed E-state index contributed by atoms with van der Waals surface area (Å²) in [5.74, 6) is 0. The molecule has 0 aromatic heterocycles. The van der Waals surface area contributed by atoms with Crippen molar-refractivity contribution in [1.82, 2.24) is 0 Å². The molecule has 0 aromatic carbocycles. The topological polar surface area (TPSA) is 21.6 Å². The number of hydrogen-bond acceptors (Lipinski definition) is 2. The highest BCUT2D eigenvalue weighted by Gasteiger charge is 1.82. The summed E-state index contributed by atoms with van der Waals surface area (Å²) in [5.41, 5.74) is 0. The van der Waals surface area contributed by atoms with Crippen LogP contribution in [0, 0.1) is 0 Å². The monoisotopic (exact) mass is 169 g/mol. The number of unbranched alkanes of at least 4 members (excludes halogenated alkanes) is 3. The van der Waals surface area contributed by atoms with Crippen LogP contribution in [0.15, 0.2) is 17.8 Å². The third kappa shape index (κ3) is 9.21. The highest BCUT2D eigenvalue weighted by Crippen LogP contribution is 1.93. The van der Waals surface area contributed by atoms with Crippen LogP contribution < -0.4 is 0 Å². The molecule has 0 heterocycles. The third-order valence-corrected chi connectivity index (χ3v) is 1.48. The Balaban J connectivity index is 2.98. The first-order valence-electron chi connectivity index (χ1n) is 4.66. The summed E-state index contributed by atoms with van der Waals surface area (Å²) in [6.07, 6.45) is 9.16.